The minimum absolute atomic E-state index is 0. The van der Waals surface area contributed by atoms with Crippen LogP contribution in [0, 0.1) is 11.8 Å². The fraction of sp³-hybridized carbons (Fsp3) is 0.452. The van der Waals surface area contributed by atoms with E-state index in [0.717, 1.165) is 82.0 Å². The van der Waals surface area contributed by atoms with E-state index >= 15 is 0 Å². The minimum Gasteiger partial charge on any atom is -0.484 e. The van der Waals surface area contributed by atoms with Crippen molar-refractivity contribution < 1.29 is 25.2 Å². The molecule has 1 amide bonds. The molecule has 298 valence electrons. The molecule has 13 heteroatoms. The number of hydrogen-bond donors (Lipinski definition) is 2. The number of pyridine rings is 2. The molecule has 55 heavy (non-hydrogen) atoms. The van der Waals surface area contributed by atoms with E-state index in [1.165, 1.54) is 24.0 Å². The number of hydrogen-bond acceptors (Lipinski definition) is 10. The number of rotatable bonds is 10. The lowest BCUT2D eigenvalue weighted by molar-refractivity contribution is -0.118. The number of likely N-dealkylation sites (tertiary alicyclic amines) is 2. The third-order valence-corrected chi connectivity index (χ3v) is 10.8. The number of amides is 1. The summed E-state index contributed by atoms with van der Waals surface area (Å²) in [5.41, 5.74) is 15.9. The van der Waals surface area contributed by atoms with Gasteiger partial charge in [-0.15, -0.1) is 24.8 Å². The maximum Gasteiger partial charge on any atom is 0.257 e. The molecule has 0 spiro atoms. The topological polar surface area (TPSA) is 138 Å². The standard InChI is InChI=1S/C22H27N3O3.C20H25N3O2.2ClH.H2/c23-21(26)8-5-16-9-12-25(13-10-16)14-17-3-6-18(7-4-17)20-15-27-19-2-1-11-24-22(19)28-20;21-12-15-7-10-23(11-8-15)13-16-3-5-17(6-4-16)19-14-24-18-2-1-9-22-20(18)25-19;;;/h1-4,6-7,11,16,20H,5,8-10,12-15H2,(H2,23,26);1-6,9,15,19H,7-8,10-14,21H2;3*1H/t20-;19-;;;/m11.../s1. The molecule has 4 aliphatic rings. The summed E-state index contributed by atoms with van der Waals surface area (Å²) >= 11 is 0. The largest absolute Gasteiger partial charge is 0.484 e. The smallest absolute Gasteiger partial charge is 0.257 e. The van der Waals surface area contributed by atoms with Crippen LogP contribution in [-0.4, -0.2) is 71.6 Å². The SMILES string of the molecule is Cl.Cl.NC(=O)CCC1CCN(Cc2ccc([C@H]3COc4cccnc4O3)cc2)CC1.NCC1CCN(Cc2ccc([C@H]3COc4cccnc4O3)cc2)CC1.[HH]. The normalized spacial score (nSPS) is 19.9. The molecule has 2 aromatic heterocycles. The maximum absolute atomic E-state index is 10.9. The third-order valence-electron chi connectivity index (χ3n) is 10.8. The minimum atomic E-state index is -0.186. The second kappa shape index (κ2) is 20.7. The van der Waals surface area contributed by atoms with Crippen molar-refractivity contribution in [2.24, 2.45) is 23.3 Å². The first-order valence-electron chi connectivity index (χ1n) is 19.1. The van der Waals surface area contributed by atoms with Gasteiger partial charge in [0.1, 0.15) is 13.2 Å². The van der Waals surface area contributed by atoms with Crippen molar-refractivity contribution in [3.8, 4) is 23.3 Å². The number of aromatic nitrogens is 2. The van der Waals surface area contributed by atoms with Crippen LogP contribution in [-0.2, 0) is 17.9 Å². The zero-order valence-corrected chi connectivity index (χ0v) is 32.9. The Labute approximate surface area is 338 Å². The van der Waals surface area contributed by atoms with Crippen LogP contribution in [0.25, 0.3) is 0 Å². The highest BCUT2D eigenvalue weighted by Crippen LogP contribution is 2.35. The first-order valence-corrected chi connectivity index (χ1v) is 19.1. The quantitative estimate of drug-likeness (QED) is 0.174. The van der Waals surface area contributed by atoms with Gasteiger partial charge in [0.25, 0.3) is 11.8 Å². The van der Waals surface area contributed by atoms with Crippen molar-refractivity contribution in [3.05, 3.63) is 107 Å². The first-order chi connectivity index (χ1) is 26.0. The number of benzene rings is 2. The van der Waals surface area contributed by atoms with E-state index in [-0.39, 0.29) is 44.4 Å². The summed E-state index contributed by atoms with van der Waals surface area (Å²) in [5.74, 6) is 3.71. The van der Waals surface area contributed by atoms with E-state index in [0.29, 0.717) is 49.0 Å². The number of nitrogens with zero attached hydrogens (tertiary/aromatic N) is 4. The predicted octanol–water partition coefficient (Wildman–Crippen LogP) is 6.93. The van der Waals surface area contributed by atoms with E-state index in [4.69, 9.17) is 30.4 Å². The van der Waals surface area contributed by atoms with Gasteiger partial charge in [0.15, 0.2) is 23.7 Å². The summed E-state index contributed by atoms with van der Waals surface area (Å²) in [6.45, 7) is 8.24. The van der Waals surface area contributed by atoms with Crippen LogP contribution in [0.3, 0.4) is 0 Å². The number of primary amides is 1. The molecule has 4 N–H and O–H groups in total. The fourth-order valence-electron chi connectivity index (χ4n) is 7.50. The molecule has 2 fully saturated rings. The highest BCUT2D eigenvalue weighted by molar-refractivity contribution is 5.85. The number of ether oxygens (including phenoxy) is 4. The summed E-state index contributed by atoms with van der Waals surface area (Å²) in [7, 11) is 0. The van der Waals surface area contributed by atoms with E-state index in [9.17, 15) is 4.79 Å². The van der Waals surface area contributed by atoms with Crippen LogP contribution in [0.5, 0.6) is 23.3 Å². The molecule has 6 heterocycles. The lowest BCUT2D eigenvalue weighted by atomic mass is 9.92. The second-order valence-corrected chi connectivity index (χ2v) is 14.6. The zero-order valence-electron chi connectivity index (χ0n) is 31.3. The van der Waals surface area contributed by atoms with Crippen LogP contribution in [0.1, 0.15) is 74.4 Å². The second-order valence-electron chi connectivity index (χ2n) is 14.6. The van der Waals surface area contributed by atoms with Crippen LogP contribution < -0.4 is 30.4 Å². The molecule has 8 rings (SSSR count). The molecule has 0 saturated carbocycles. The Balaban J connectivity index is 0.000000237. The average Bonchev–Trinajstić information content (AvgIpc) is 3.21. The van der Waals surface area contributed by atoms with Gasteiger partial charge in [0.05, 0.1) is 0 Å². The lowest BCUT2D eigenvalue weighted by Crippen LogP contribution is -2.35. The van der Waals surface area contributed by atoms with Crippen molar-refractivity contribution in [3.63, 3.8) is 0 Å². The summed E-state index contributed by atoms with van der Waals surface area (Å²) < 4.78 is 23.5. The van der Waals surface area contributed by atoms with Crippen LogP contribution in [0.4, 0.5) is 0 Å². The van der Waals surface area contributed by atoms with Gasteiger partial charge in [-0.05, 0) is 123 Å². The molecule has 0 radical (unpaired) electrons. The number of carbonyl (C=O) groups is 1. The molecular weight excluding hydrogens is 739 g/mol. The van der Waals surface area contributed by atoms with Crippen molar-refractivity contribution in [2.75, 3.05) is 45.9 Å². The number of fused-ring (bicyclic) bond motifs is 2. The lowest BCUT2D eigenvalue weighted by Gasteiger charge is -2.32. The van der Waals surface area contributed by atoms with Gasteiger partial charge >= 0.3 is 0 Å². The van der Waals surface area contributed by atoms with Crippen molar-refractivity contribution in [1.82, 2.24) is 19.8 Å². The van der Waals surface area contributed by atoms with E-state index < -0.39 is 0 Å². The molecule has 0 bridgehead atoms. The highest BCUT2D eigenvalue weighted by Gasteiger charge is 2.25. The monoisotopic (exact) mass is 794 g/mol. The van der Waals surface area contributed by atoms with Crippen LogP contribution in [0.15, 0.2) is 85.2 Å². The van der Waals surface area contributed by atoms with Gasteiger partial charge in [-0.2, -0.15) is 0 Å². The van der Waals surface area contributed by atoms with E-state index in [2.05, 4.69) is 68.3 Å². The van der Waals surface area contributed by atoms with Gasteiger partial charge in [-0.1, -0.05) is 48.5 Å². The molecule has 2 saturated heterocycles. The van der Waals surface area contributed by atoms with E-state index in [1.54, 1.807) is 12.4 Å². The molecule has 2 aromatic carbocycles. The molecule has 2 atom stereocenters. The summed E-state index contributed by atoms with van der Waals surface area (Å²) in [5, 5.41) is 0. The molecule has 11 nitrogen and oxygen atoms in total. The van der Waals surface area contributed by atoms with Gasteiger partial charge in [-0.3, -0.25) is 14.6 Å². The van der Waals surface area contributed by atoms with Gasteiger partial charge in [0.2, 0.25) is 5.91 Å². The zero-order chi connectivity index (χ0) is 36.4. The van der Waals surface area contributed by atoms with Crippen molar-refractivity contribution in [2.45, 2.75) is 63.8 Å². The number of nitrogens with two attached hydrogens (primary N) is 2. The van der Waals surface area contributed by atoms with E-state index in [1.807, 2.05) is 24.3 Å². The molecule has 4 aliphatic heterocycles. The number of piperidine rings is 2. The third kappa shape index (κ3) is 11.7. The molecular formula is C42H56Cl2N6O5. The highest BCUT2D eigenvalue weighted by atomic mass is 35.5. The molecule has 0 aliphatic carbocycles. The predicted molar refractivity (Wildman–Crippen MR) is 219 cm³/mol. The van der Waals surface area contributed by atoms with Crippen molar-refractivity contribution >= 4 is 30.7 Å². The Morgan fingerprint density at radius 3 is 1.53 bits per heavy atom. The van der Waals surface area contributed by atoms with Gasteiger partial charge in [0, 0.05) is 33.3 Å². The Hall–Kier alpha value is -4.13. The van der Waals surface area contributed by atoms with Crippen LogP contribution in [0.2, 0.25) is 0 Å². The molecule has 0 unspecified atom stereocenters. The van der Waals surface area contributed by atoms with Gasteiger partial charge in [-0.25, -0.2) is 9.97 Å². The van der Waals surface area contributed by atoms with Crippen molar-refractivity contribution in [1.29, 1.82) is 0 Å². The first kappa shape index (κ1) is 42.0. The Kier molecular flexibility index (Phi) is 15.8. The molecule has 4 aromatic rings. The number of carbonyl (C=O) groups excluding carboxylic acids is 1. The maximum atomic E-state index is 10.9. The summed E-state index contributed by atoms with van der Waals surface area (Å²) in [6.07, 6.45) is 9.37. The Morgan fingerprint density at radius 1 is 0.673 bits per heavy atom. The summed E-state index contributed by atoms with van der Waals surface area (Å²) in [6, 6.07) is 24.7. The summed E-state index contributed by atoms with van der Waals surface area (Å²) in [4.78, 5) is 24.4. The Morgan fingerprint density at radius 2 is 1.11 bits per heavy atom. The Bertz CT molecular complexity index is 1780. The number of halogens is 2. The fourth-order valence-corrected chi connectivity index (χ4v) is 7.50. The van der Waals surface area contributed by atoms with Gasteiger partial charge < -0.3 is 30.4 Å². The van der Waals surface area contributed by atoms with Crippen LogP contribution >= 0.6 is 24.8 Å². The average molecular weight is 796 g/mol.